The molecule has 0 aliphatic rings. The first kappa shape index (κ1) is 15.8. The highest BCUT2D eigenvalue weighted by Crippen LogP contribution is 2.11. The van der Waals surface area contributed by atoms with Gasteiger partial charge in [0.05, 0.1) is 17.1 Å². The van der Waals surface area contributed by atoms with Gasteiger partial charge in [0, 0.05) is 7.11 Å². The molecule has 7 heteroatoms. The van der Waals surface area contributed by atoms with Crippen molar-refractivity contribution < 1.29 is 13.2 Å². The molecule has 0 fully saturated rings. The van der Waals surface area contributed by atoms with Crippen LogP contribution in [-0.2, 0) is 14.8 Å². The summed E-state index contributed by atoms with van der Waals surface area (Å²) >= 11 is 4.75. The average Bonchev–Trinajstić information content (AvgIpc) is 1.99. The van der Waals surface area contributed by atoms with E-state index >= 15 is 0 Å². The summed E-state index contributed by atoms with van der Waals surface area (Å²) in [5, 5.41) is -0.835. The summed E-state index contributed by atoms with van der Waals surface area (Å²) in [4.78, 5) is -0.0109. The van der Waals surface area contributed by atoms with Crippen LogP contribution in [0, 0.1) is 0 Å². The molecule has 0 aromatic rings. The lowest BCUT2D eigenvalue weighted by molar-refractivity contribution is 0.141. The molecule has 96 valence electrons. The summed E-state index contributed by atoms with van der Waals surface area (Å²) in [5.41, 5.74) is 4.73. The van der Waals surface area contributed by atoms with Gasteiger partial charge in [-0.3, -0.25) is 0 Å². The van der Waals surface area contributed by atoms with Gasteiger partial charge in [0.15, 0.2) is 0 Å². The Hall–Kier alpha value is -0.240. The second-order valence-electron chi connectivity index (χ2n) is 4.26. The molecule has 0 radical (unpaired) electrons. The normalized spacial score (nSPS) is 14.8. The fourth-order valence-electron chi connectivity index (χ4n) is 1.42. The van der Waals surface area contributed by atoms with Gasteiger partial charge < -0.3 is 10.5 Å². The van der Waals surface area contributed by atoms with E-state index in [4.69, 9.17) is 22.7 Å². The van der Waals surface area contributed by atoms with Crippen molar-refractivity contribution in [2.24, 2.45) is 5.73 Å². The zero-order valence-corrected chi connectivity index (χ0v) is 11.7. The Balaban J connectivity index is 4.87. The smallest absolute Gasteiger partial charge is 0.221 e. The summed E-state index contributed by atoms with van der Waals surface area (Å²) in [6.07, 6.45) is 0.355. The first-order valence-corrected chi connectivity index (χ1v) is 6.93. The Morgan fingerprint density at radius 3 is 2.38 bits per heavy atom. The average molecular weight is 268 g/mol. The van der Waals surface area contributed by atoms with E-state index < -0.39 is 20.8 Å². The number of hydrogen-bond donors (Lipinski definition) is 2. The van der Waals surface area contributed by atoms with E-state index in [0.717, 1.165) is 0 Å². The molecule has 0 aromatic heterocycles. The predicted octanol–water partition coefficient (Wildman–Crippen LogP) is 0.396. The number of rotatable bonds is 7. The standard InChI is InChI=1S/C9H20N2O3S2/c1-5-7(8(10)15)16(12,13)11-9(2,3)6-14-4/h7,11H,5-6H2,1-4H3,(H2,10,15). The molecule has 0 spiro atoms. The van der Waals surface area contributed by atoms with E-state index in [0.29, 0.717) is 6.42 Å². The van der Waals surface area contributed by atoms with Crippen LogP contribution in [0.4, 0.5) is 0 Å². The predicted molar refractivity (Wildman–Crippen MR) is 68.9 cm³/mol. The minimum absolute atomic E-state index is 0.0109. The number of thiocarbonyl (C=S) groups is 1. The Morgan fingerprint density at radius 2 is 2.06 bits per heavy atom. The molecule has 5 nitrogen and oxygen atoms in total. The molecule has 0 aliphatic carbocycles. The molecule has 0 rings (SSSR count). The van der Waals surface area contributed by atoms with Gasteiger partial charge in [0.2, 0.25) is 10.0 Å². The van der Waals surface area contributed by atoms with Crippen molar-refractivity contribution in [3.05, 3.63) is 0 Å². The maximum atomic E-state index is 12.0. The third kappa shape index (κ3) is 4.73. The number of hydrogen-bond acceptors (Lipinski definition) is 4. The number of methoxy groups -OCH3 is 1. The number of sulfonamides is 1. The lowest BCUT2D eigenvalue weighted by Crippen LogP contribution is -2.52. The number of nitrogens with two attached hydrogens (primary N) is 1. The molecule has 1 atom stereocenters. The molecule has 3 N–H and O–H groups in total. The van der Waals surface area contributed by atoms with Crippen LogP contribution >= 0.6 is 12.2 Å². The Kier molecular flexibility index (Phi) is 5.81. The van der Waals surface area contributed by atoms with E-state index in [1.165, 1.54) is 7.11 Å². The van der Waals surface area contributed by atoms with E-state index in [1.807, 2.05) is 0 Å². The van der Waals surface area contributed by atoms with Gasteiger partial charge in [-0.25, -0.2) is 13.1 Å². The van der Waals surface area contributed by atoms with Gasteiger partial charge in [-0.05, 0) is 20.3 Å². The molecule has 0 saturated carbocycles. The van der Waals surface area contributed by atoms with Crippen molar-refractivity contribution in [1.29, 1.82) is 0 Å². The Morgan fingerprint density at radius 1 is 1.56 bits per heavy atom. The van der Waals surface area contributed by atoms with Crippen molar-refractivity contribution >= 4 is 27.2 Å². The molecular formula is C9H20N2O3S2. The second-order valence-corrected chi connectivity index (χ2v) is 6.60. The van der Waals surface area contributed by atoms with Crippen molar-refractivity contribution in [2.75, 3.05) is 13.7 Å². The molecule has 0 saturated heterocycles. The third-order valence-electron chi connectivity index (χ3n) is 1.99. The molecule has 0 amide bonds. The minimum atomic E-state index is -3.55. The van der Waals surface area contributed by atoms with Crippen molar-refractivity contribution in [1.82, 2.24) is 4.72 Å². The van der Waals surface area contributed by atoms with Crippen LogP contribution in [0.5, 0.6) is 0 Å². The van der Waals surface area contributed by atoms with Crippen LogP contribution in [0.3, 0.4) is 0 Å². The van der Waals surface area contributed by atoms with Crippen LogP contribution in [0.25, 0.3) is 0 Å². The van der Waals surface area contributed by atoms with E-state index in [1.54, 1.807) is 20.8 Å². The molecule has 0 aromatic carbocycles. The molecule has 0 bridgehead atoms. The summed E-state index contributed by atoms with van der Waals surface area (Å²) in [5.74, 6) is 0. The van der Waals surface area contributed by atoms with Crippen molar-refractivity contribution in [3.63, 3.8) is 0 Å². The van der Waals surface area contributed by atoms with Gasteiger partial charge in [-0.2, -0.15) is 0 Å². The maximum absolute atomic E-state index is 12.0. The second kappa shape index (κ2) is 5.90. The highest BCUT2D eigenvalue weighted by atomic mass is 32.2. The highest BCUT2D eigenvalue weighted by Gasteiger charge is 2.32. The number of nitrogens with one attached hydrogen (secondary N) is 1. The summed E-state index contributed by atoms with van der Waals surface area (Å²) in [6.45, 7) is 5.48. The zero-order valence-electron chi connectivity index (χ0n) is 10.1. The molecule has 0 aliphatic heterocycles. The topological polar surface area (TPSA) is 81.4 Å². The van der Waals surface area contributed by atoms with Crippen LogP contribution in [0.2, 0.25) is 0 Å². The van der Waals surface area contributed by atoms with E-state index in [-0.39, 0.29) is 11.6 Å². The number of ether oxygens (including phenoxy) is 1. The van der Waals surface area contributed by atoms with Crippen LogP contribution in [-0.4, -0.2) is 37.9 Å². The summed E-state index contributed by atoms with van der Waals surface area (Å²) < 4.78 is 31.4. The van der Waals surface area contributed by atoms with Gasteiger partial charge >= 0.3 is 0 Å². The maximum Gasteiger partial charge on any atom is 0.221 e. The van der Waals surface area contributed by atoms with Crippen LogP contribution in [0.1, 0.15) is 27.2 Å². The van der Waals surface area contributed by atoms with Gasteiger partial charge in [0.25, 0.3) is 0 Å². The molecule has 16 heavy (non-hydrogen) atoms. The fourth-order valence-corrected chi connectivity index (χ4v) is 3.68. The lowest BCUT2D eigenvalue weighted by atomic mass is 10.1. The van der Waals surface area contributed by atoms with E-state index in [9.17, 15) is 8.42 Å². The summed E-state index contributed by atoms with van der Waals surface area (Å²) in [6, 6.07) is 0. The first-order chi connectivity index (χ1) is 7.16. The third-order valence-corrected chi connectivity index (χ3v) is 4.59. The largest absolute Gasteiger partial charge is 0.392 e. The van der Waals surface area contributed by atoms with Crippen LogP contribution < -0.4 is 10.5 Å². The molecule has 1 unspecified atom stereocenters. The Bertz CT molecular complexity index is 339. The summed E-state index contributed by atoms with van der Waals surface area (Å²) in [7, 11) is -2.03. The fraction of sp³-hybridized carbons (Fsp3) is 0.889. The van der Waals surface area contributed by atoms with Crippen LogP contribution in [0.15, 0.2) is 0 Å². The quantitative estimate of drug-likeness (QED) is 0.653. The monoisotopic (exact) mass is 268 g/mol. The van der Waals surface area contributed by atoms with Crippen molar-refractivity contribution in [3.8, 4) is 0 Å². The van der Waals surface area contributed by atoms with Gasteiger partial charge in [-0.15, -0.1) is 0 Å². The Labute approximate surface area is 103 Å². The van der Waals surface area contributed by atoms with Gasteiger partial charge in [0.1, 0.15) is 5.25 Å². The first-order valence-electron chi connectivity index (χ1n) is 4.97. The molecule has 0 heterocycles. The van der Waals surface area contributed by atoms with E-state index in [2.05, 4.69) is 4.72 Å². The van der Waals surface area contributed by atoms with Gasteiger partial charge in [-0.1, -0.05) is 19.1 Å². The SMILES string of the molecule is CCC(C(N)=S)S(=O)(=O)NC(C)(C)COC. The minimum Gasteiger partial charge on any atom is -0.392 e. The highest BCUT2D eigenvalue weighted by molar-refractivity contribution is 7.93. The zero-order chi connectivity index (χ0) is 13.0. The molecular weight excluding hydrogens is 248 g/mol. The van der Waals surface area contributed by atoms with Crippen molar-refractivity contribution in [2.45, 2.75) is 38.0 Å². The lowest BCUT2D eigenvalue weighted by Gasteiger charge is -2.27.